The zero-order valence-electron chi connectivity index (χ0n) is 18.4. The zero-order chi connectivity index (χ0) is 24.3. The second kappa shape index (κ2) is 13.0. The standard InChI is InChI=1S/C24H30F5N3O/c25-15-19(26)6-4-2-1-3-5-7-23(33)32-22-13-12-20(14-21(22)30)31-16-17-8-10-18(11-9-17)24(27,28)29/h8-14,19,31H,1-7,15-16,30H2,(H,32,33). The second-order valence-corrected chi connectivity index (χ2v) is 7.96. The highest BCUT2D eigenvalue weighted by Gasteiger charge is 2.29. The largest absolute Gasteiger partial charge is 0.416 e. The summed E-state index contributed by atoms with van der Waals surface area (Å²) in [5.74, 6) is -0.159. The predicted molar refractivity (Wildman–Crippen MR) is 121 cm³/mol. The Hall–Kier alpha value is -2.84. The van der Waals surface area contributed by atoms with Crippen LogP contribution in [0.4, 0.5) is 39.0 Å². The number of benzene rings is 2. The summed E-state index contributed by atoms with van der Waals surface area (Å²) in [5, 5.41) is 5.86. The lowest BCUT2D eigenvalue weighted by Gasteiger charge is -2.12. The summed E-state index contributed by atoms with van der Waals surface area (Å²) >= 11 is 0. The quantitative estimate of drug-likeness (QED) is 0.170. The fourth-order valence-corrected chi connectivity index (χ4v) is 3.27. The van der Waals surface area contributed by atoms with Crippen LogP contribution in [0.1, 0.15) is 56.1 Å². The lowest BCUT2D eigenvalue weighted by Crippen LogP contribution is -2.12. The van der Waals surface area contributed by atoms with Gasteiger partial charge in [-0.15, -0.1) is 0 Å². The Bertz CT molecular complexity index is 871. The summed E-state index contributed by atoms with van der Waals surface area (Å²) in [5.41, 5.74) is 7.54. The number of carbonyl (C=O) groups excluding carboxylic acids is 1. The van der Waals surface area contributed by atoms with Gasteiger partial charge in [-0.25, -0.2) is 8.78 Å². The zero-order valence-corrected chi connectivity index (χ0v) is 18.4. The van der Waals surface area contributed by atoms with Crippen LogP contribution in [0.3, 0.4) is 0 Å². The topological polar surface area (TPSA) is 67.2 Å². The highest BCUT2D eigenvalue weighted by Crippen LogP contribution is 2.29. The molecule has 0 aliphatic heterocycles. The number of nitrogens with two attached hydrogens (primary N) is 1. The molecule has 0 saturated heterocycles. The van der Waals surface area contributed by atoms with Gasteiger partial charge in [0, 0.05) is 18.7 Å². The molecule has 1 atom stereocenters. The molecule has 0 saturated carbocycles. The monoisotopic (exact) mass is 471 g/mol. The molecule has 4 N–H and O–H groups in total. The number of anilines is 3. The fourth-order valence-electron chi connectivity index (χ4n) is 3.27. The van der Waals surface area contributed by atoms with Crippen LogP contribution >= 0.6 is 0 Å². The Morgan fingerprint density at radius 3 is 2.27 bits per heavy atom. The molecule has 0 bridgehead atoms. The van der Waals surface area contributed by atoms with E-state index in [0.29, 0.717) is 48.4 Å². The molecule has 0 spiro atoms. The van der Waals surface area contributed by atoms with E-state index in [1.54, 1.807) is 18.2 Å². The molecular formula is C24H30F5N3O. The molecule has 0 aliphatic rings. The van der Waals surface area contributed by atoms with E-state index >= 15 is 0 Å². The van der Waals surface area contributed by atoms with Crippen LogP contribution in [-0.2, 0) is 17.5 Å². The molecule has 4 nitrogen and oxygen atoms in total. The average molecular weight is 472 g/mol. The van der Waals surface area contributed by atoms with E-state index in [0.717, 1.165) is 31.4 Å². The highest BCUT2D eigenvalue weighted by molar-refractivity contribution is 5.94. The van der Waals surface area contributed by atoms with E-state index in [1.807, 2.05) is 0 Å². The molecule has 0 aliphatic carbocycles. The first-order valence-corrected chi connectivity index (χ1v) is 11.0. The number of carbonyl (C=O) groups is 1. The smallest absolute Gasteiger partial charge is 0.397 e. The Kier molecular flexibility index (Phi) is 10.4. The number of hydrogen-bond donors (Lipinski definition) is 3. The van der Waals surface area contributed by atoms with Gasteiger partial charge in [0.25, 0.3) is 0 Å². The molecular weight excluding hydrogens is 441 g/mol. The Morgan fingerprint density at radius 1 is 0.970 bits per heavy atom. The minimum atomic E-state index is -4.36. The number of nitrogen functional groups attached to an aromatic ring is 1. The van der Waals surface area contributed by atoms with Gasteiger partial charge >= 0.3 is 6.18 Å². The van der Waals surface area contributed by atoms with Gasteiger partial charge in [-0.05, 0) is 48.7 Å². The van der Waals surface area contributed by atoms with Crippen molar-refractivity contribution in [2.24, 2.45) is 0 Å². The van der Waals surface area contributed by atoms with E-state index in [-0.39, 0.29) is 12.3 Å². The van der Waals surface area contributed by atoms with Gasteiger partial charge in [0.1, 0.15) is 12.8 Å². The van der Waals surface area contributed by atoms with Gasteiger partial charge in [-0.2, -0.15) is 13.2 Å². The lowest BCUT2D eigenvalue weighted by atomic mass is 10.1. The van der Waals surface area contributed by atoms with E-state index in [2.05, 4.69) is 10.6 Å². The first-order valence-electron chi connectivity index (χ1n) is 11.0. The van der Waals surface area contributed by atoms with Crippen molar-refractivity contribution in [2.75, 3.05) is 23.0 Å². The SMILES string of the molecule is Nc1cc(NCc2ccc(C(F)(F)F)cc2)ccc1NC(=O)CCCCCCCC(F)CF. The van der Waals surface area contributed by atoms with Gasteiger partial charge in [-0.3, -0.25) is 4.79 Å². The van der Waals surface area contributed by atoms with Crippen LogP contribution in [0, 0.1) is 0 Å². The van der Waals surface area contributed by atoms with Crippen molar-refractivity contribution < 1.29 is 26.7 Å². The minimum Gasteiger partial charge on any atom is -0.397 e. The van der Waals surface area contributed by atoms with Crippen molar-refractivity contribution >= 4 is 23.0 Å². The van der Waals surface area contributed by atoms with Crippen molar-refractivity contribution in [2.45, 2.75) is 63.8 Å². The molecule has 182 valence electrons. The Morgan fingerprint density at radius 2 is 1.64 bits per heavy atom. The summed E-state index contributed by atoms with van der Waals surface area (Å²) in [6.45, 7) is -0.609. The maximum Gasteiger partial charge on any atom is 0.416 e. The first kappa shape index (κ1) is 26.4. The van der Waals surface area contributed by atoms with E-state index in [4.69, 9.17) is 5.73 Å². The second-order valence-electron chi connectivity index (χ2n) is 7.96. The average Bonchev–Trinajstić information content (AvgIpc) is 2.78. The number of nitrogens with one attached hydrogen (secondary N) is 2. The third-order valence-corrected chi connectivity index (χ3v) is 5.19. The molecule has 0 aromatic heterocycles. The van der Waals surface area contributed by atoms with Gasteiger partial charge in [0.15, 0.2) is 0 Å². The fraction of sp³-hybridized carbons (Fsp3) is 0.458. The molecule has 33 heavy (non-hydrogen) atoms. The Labute approximate surface area is 190 Å². The number of halogens is 5. The summed E-state index contributed by atoms with van der Waals surface area (Å²) in [6.07, 6.45) is -1.29. The minimum absolute atomic E-state index is 0.159. The van der Waals surface area contributed by atoms with Crippen molar-refractivity contribution in [1.82, 2.24) is 0 Å². The van der Waals surface area contributed by atoms with E-state index in [1.165, 1.54) is 12.1 Å². The molecule has 1 unspecified atom stereocenters. The van der Waals surface area contributed by atoms with Crippen LogP contribution in [0.2, 0.25) is 0 Å². The molecule has 2 aromatic carbocycles. The summed E-state index contributed by atoms with van der Waals surface area (Å²) in [4.78, 5) is 12.1. The molecule has 0 heterocycles. The lowest BCUT2D eigenvalue weighted by molar-refractivity contribution is -0.137. The van der Waals surface area contributed by atoms with E-state index < -0.39 is 24.6 Å². The molecule has 1 amide bonds. The summed E-state index contributed by atoms with van der Waals surface area (Å²) < 4.78 is 62.7. The third-order valence-electron chi connectivity index (χ3n) is 5.19. The molecule has 0 radical (unpaired) electrons. The number of amides is 1. The van der Waals surface area contributed by atoms with Crippen molar-refractivity contribution in [1.29, 1.82) is 0 Å². The predicted octanol–water partition coefficient (Wildman–Crippen LogP) is 6.88. The number of unbranched alkanes of at least 4 members (excludes halogenated alkanes) is 4. The van der Waals surface area contributed by atoms with Crippen molar-refractivity contribution in [3.8, 4) is 0 Å². The first-order chi connectivity index (χ1) is 15.7. The van der Waals surface area contributed by atoms with Crippen LogP contribution in [0.15, 0.2) is 42.5 Å². The molecule has 0 fully saturated rings. The van der Waals surface area contributed by atoms with Crippen LogP contribution < -0.4 is 16.4 Å². The van der Waals surface area contributed by atoms with Gasteiger partial charge in [0.2, 0.25) is 5.91 Å². The van der Waals surface area contributed by atoms with Gasteiger partial charge < -0.3 is 16.4 Å². The third kappa shape index (κ3) is 9.67. The summed E-state index contributed by atoms with van der Waals surface area (Å²) in [7, 11) is 0. The normalized spacial score (nSPS) is 12.4. The van der Waals surface area contributed by atoms with E-state index in [9.17, 15) is 26.7 Å². The van der Waals surface area contributed by atoms with Gasteiger partial charge in [-0.1, -0.05) is 37.8 Å². The van der Waals surface area contributed by atoms with Crippen LogP contribution in [-0.4, -0.2) is 18.8 Å². The highest BCUT2D eigenvalue weighted by atomic mass is 19.4. The number of hydrogen-bond acceptors (Lipinski definition) is 3. The van der Waals surface area contributed by atoms with Crippen molar-refractivity contribution in [3.05, 3.63) is 53.6 Å². The number of alkyl halides is 5. The molecule has 9 heteroatoms. The molecule has 2 aromatic rings. The van der Waals surface area contributed by atoms with Gasteiger partial charge in [0.05, 0.1) is 16.9 Å². The summed E-state index contributed by atoms with van der Waals surface area (Å²) in [6, 6.07) is 9.94. The number of rotatable bonds is 13. The Balaban J connectivity index is 1.71. The maximum absolute atomic E-state index is 12.8. The molecule has 2 rings (SSSR count). The van der Waals surface area contributed by atoms with Crippen LogP contribution in [0.25, 0.3) is 0 Å². The van der Waals surface area contributed by atoms with Crippen LogP contribution in [0.5, 0.6) is 0 Å². The van der Waals surface area contributed by atoms with Crippen molar-refractivity contribution in [3.63, 3.8) is 0 Å². The maximum atomic E-state index is 12.8.